The summed E-state index contributed by atoms with van der Waals surface area (Å²) in [6, 6.07) is 15.4. The van der Waals surface area contributed by atoms with Crippen LogP contribution in [0.15, 0.2) is 53.9 Å². The second-order valence-electron chi connectivity index (χ2n) is 7.23. The van der Waals surface area contributed by atoms with Crippen LogP contribution in [0.4, 0.5) is 0 Å². The first-order valence-corrected chi connectivity index (χ1v) is 11.0. The summed E-state index contributed by atoms with van der Waals surface area (Å²) in [5.41, 5.74) is 2.72. The molecule has 1 heterocycles. The number of thiazole rings is 1. The highest BCUT2D eigenvalue weighted by atomic mass is 32.1. The molecule has 3 rings (SSSR count). The van der Waals surface area contributed by atoms with E-state index >= 15 is 0 Å². The predicted octanol–water partition coefficient (Wildman–Crippen LogP) is 5.48. The average molecular weight is 425 g/mol. The Morgan fingerprint density at radius 3 is 2.50 bits per heavy atom. The number of hydrogen-bond acceptors (Lipinski definition) is 5. The minimum Gasteiger partial charge on any atom is -0.493 e. The molecule has 0 bridgehead atoms. The van der Waals surface area contributed by atoms with Crippen molar-refractivity contribution in [1.29, 1.82) is 0 Å². The largest absolute Gasteiger partial charge is 0.493 e. The fourth-order valence-corrected chi connectivity index (χ4v) is 3.75. The highest BCUT2D eigenvalue weighted by Crippen LogP contribution is 2.27. The van der Waals surface area contributed by atoms with Crippen LogP contribution in [0.2, 0.25) is 0 Å². The van der Waals surface area contributed by atoms with Crippen molar-refractivity contribution in [3.05, 3.63) is 75.7 Å². The molecule has 1 amide bonds. The summed E-state index contributed by atoms with van der Waals surface area (Å²) < 4.78 is 11.2. The van der Waals surface area contributed by atoms with Gasteiger partial charge in [0.15, 0.2) is 11.5 Å². The third-order valence-electron chi connectivity index (χ3n) is 5.03. The van der Waals surface area contributed by atoms with Crippen molar-refractivity contribution in [3.63, 3.8) is 0 Å². The Balaban J connectivity index is 1.69. The van der Waals surface area contributed by atoms with Crippen molar-refractivity contribution in [1.82, 2.24) is 9.88 Å². The Morgan fingerprint density at radius 2 is 1.83 bits per heavy atom. The Morgan fingerprint density at radius 1 is 1.13 bits per heavy atom. The third kappa shape index (κ3) is 5.39. The van der Waals surface area contributed by atoms with Gasteiger partial charge in [-0.15, -0.1) is 11.3 Å². The Labute approximate surface area is 182 Å². The van der Waals surface area contributed by atoms with Crippen LogP contribution in [0.1, 0.15) is 46.9 Å². The maximum Gasteiger partial charge on any atom is 0.254 e. The summed E-state index contributed by atoms with van der Waals surface area (Å²) in [7, 11) is 1.62. The van der Waals surface area contributed by atoms with E-state index in [2.05, 4.69) is 18.8 Å². The van der Waals surface area contributed by atoms with E-state index in [0.29, 0.717) is 30.2 Å². The van der Waals surface area contributed by atoms with Crippen LogP contribution in [0.25, 0.3) is 0 Å². The number of hydrogen-bond donors (Lipinski definition) is 0. The van der Waals surface area contributed by atoms with Gasteiger partial charge in [-0.3, -0.25) is 4.79 Å². The first kappa shape index (κ1) is 21.8. The molecule has 2 aromatic carbocycles. The zero-order chi connectivity index (χ0) is 21.5. The molecule has 1 aromatic heterocycles. The van der Waals surface area contributed by atoms with Gasteiger partial charge < -0.3 is 14.4 Å². The number of amides is 1. The highest BCUT2D eigenvalue weighted by Gasteiger charge is 2.22. The first-order valence-electron chi connectivity index (χ1n) is 10.1. The number of benzene rings is 2. The van der Waals surface area contributed by atoms with E-state index in [1.807, 2.05) is 65.7 Å². The van der Waals surface area contributed by atoms with E-state index in [1.165, 1.54) is 11.3 Å². The van der Waals surface area contributed by atoms with Crippen molar-refractivity contribution in [3.8, 4) is 11.5 Å². The normalized spacial score (nSPS) is 11.7. The minimum absolute atomic E-state index is 0.0316. The lowest BCUT2D eigenvalue weighted by molar-refractivity contribution is 0.0669. The molecule has 3 aromatic rings. The number of carbonyl (C=O) groups excluding carboxylic acids is 1. The van der Waals surface area contributed by atoms with Gasteiger partial charge >= 0.3 is 0 Å². The van der Waals surface area contributed by atoms with Crippen LogP contribution in [-0.4, -0.2) is 28.9 Å². The number of aromatic nitrogens is 1. The van der Waals surface area contributed by atoms with Crippen molar-refractivity contribution in [2.24, 2.45) is 0 Å². The standard InChI is InChI=1S/C24H28N2O3S/c1-5-18(3)26(24(27)19-12-10-17(2)11-13-19)14-20-16-30-23(25-20)15-29-22-9-7-6-8-21(22)28-4/h6-13,16,18H,5,14-15H2,1-4H3. The Hall–Kier alpha value is -2.86. The number of ether oxygens (including phenoxy) is 2. The molecule has 0 aliphatic heterocycles. The average Bonchev–Trinajstić information content (AvgIpc) is 3.23. The smallest absolute Gasteiger partial charge is 0.254 e. The van der Waals surface area contributed by atoms with E-state index in [1.54, 1.807) is 7.11 Å². The fraction of sp³-hybridized carbons (Fsp3) is 0.333. The molecule has 5 nitrogen and oxygen atoms in total. The van der Waals surface area contributed by atoms with Gasteiger partial charge in [-0.1, -0.05) is 36.8 Å². The third-order valence-corrected chi connectivity index (χ3v) is 5.91. The number of nitrogens with zero attached hydrogens (tertiary/aromatic N) is 2. The number of rotatable bonds is 9. The molecule has 0 aliphatic rings. The minimum atomic E-state index is 0.0316. The predicted molar refractivity (Wildman–Crippen MR) is 120 cm³/mol. The summed E-state index contributed by atoms with van der Waals surface area (Å²) in [4.78, 5) is 19.7. The molecule has 0 fully saturated rings. The number of aryl methyl sites for hydroxylation is 1. The monoisotopic (exact) mass is 424 g/mol. The zero-order valence-corrected chi connectivity index (χ0v) is 18.7. The number of carbonyl (C=O) groups is 1. The van der Waals surface area contributed by atoms with Gasteiger partial charge in [-0.05, 0) is 44.5 Å². The molecule has 0 radical (unpaired) electrons. The van der Waals surface area contributed by atoms with E-state index in [-0.39, 0.29) is 11.9 Å². The molecule has 30 heavy (non-hydrogen) atoms. The van der Waals surface area contributed by atoms with Gasteiger partial charge in [0.2, 0.25) is 0 Å². The molecule has 158 valence electrons. The van der Waals surface area contributed by atoms with E-state index < -0.39 is 0 Å². The number of methoxy groups -OCH3 is 1. The Bertz CT molecular complexity index is 969. The van der Waals surface area contributed by atoms with Gasteiger partial charge in [0, 0.05) is 17.0 Å². The van der Waals surface area contributed by atoms with Gasteiger partial charge in [0.25, 0.3) is 5.91 Å². The molecule has 0 saturated heterocycles. The molecular formula is C24H28N2O3S. The van der Waals surface area contributed by atoms with E-state index in [9.17, 15) is 4.79 Å². The first-order chi connectivity index (χ1) is 14.5. The van der Waals surface area contributed by atoms with Crippen LogP contribution in [0.3, 0.4) is 0 Å². The van der Waals surface area contributed by atoms with Crippen molar-refractivity contribution >= 4 is 17.2 Å². The summed E-state index contributed by atoms with van der Waals surface area (Å²) >= 11 is 1.54. The Kier molecular flexibility index (Phi) is 7.46. The van der Waals surface area contributed by atoms with E-state index in [4.69, 9.17) is 9.47 Å². The van der Waals surface area contributed by atoms with Gasteiger partial charge in [-0.25, -0.2) is 4.98 Å². The molecule has 0 aliphatic carbocycles. The summed E-state index contributed by atoms with van der Waals surface area (Å²) in [6.07, 6.45) is 0.880. The van der Waals surface area contributed by atoms with Crippen LogP contribution in [-0.2, 0) is 13.2 Å². The second-order valence-corrected chi connectivity index (χ2v) is 8.17. The quantitative estimate of drug-likeness (QED) is 0.456. The van der Waals surface area contributed by atoms with Crippen LogP contribution in [0, 0.1) is 6.92 Å². The van der Waals surface area contributed by atoms with Crippen LogP contribution < -0.4 is 9.47 Å². The van der Waals surface area contributed by atoms with Crippen LogP contribution >= 0.6 is 11.3 Å². The fourth-order valence-electron chi connectivity index (χ4n) is 3.05. The molecule has 6 heteroatoms. The van der Waals surface area contributed by atoms with Gasteiger partial charge in [-0.2, -0.15) is 0 Å². The SMILES string of the molecule is CCC(C)N(Cc1csc(COc2ccccc2OC)n1)C(=O)c1ccc(C)cc1. The lowest BCUT2D eigenvalue weighted by Crippen LogP contribution is -2.37. The molecular weight excluding hydrogens is 396 g/mol. The maximum absolute atomic E-state index is 13.1. The number of para-hydroxylation sites is 2. The second kappa shape index (κ2) is 10.3. The highest BCUT2D eigenvalue weighted by molar-refractivity contribution is 7.09. The molecule has 0 spiro atoms. The molecule has 0 N–H and O–H groups in total. The molecule has 0 saturated carbocycles. The molecule has 1 unspecified atom stereocenters. The lowest BCUT2D eigenvalue weighted by Gasteiger charge is -2.28. The lowest BCUT2D eigenvalue weighted by atomic mass is 10.1. The topological polar surface area (TPSA) is 51.7 Å². The van der Waals surface area contributed by atoms with Crippen LogP contribution in [0.5, 0.6) is 11.5 Å². The van der Waals surface area contributed by atoms with Crippen molar-refractivity contribution in [2.75, 3.05) is 7.11 Å². The molecule has 1 atom stereocenters. The summed E-state index contributed by atoms with van der Waals surface area (Å²) in [5.74, 6) is 1.41. The van der Waals surface area contributed by atoms with Crippen molar-refractivity contribution < 1.29 is 14.3 Å². The van der Waals surface area contributed by atoms with Gasteiger partial charge in [0.05, 0.1) is 19.3 Å². The summed E-state index contributed by atoms with van der Waals surface area (Å²) in [5, 5.41) is 2.86. The summed E-state index contributed by atoms with van der Waals surface area (Å²) in [6.45, 7) is 7.02. The van der Waals surface area contributed by atoms with Crippen molar-refractivity contribution in [2.45, 2.75) is 46.4 Å². The van der Waals surface area contributed by atoms with Gasteiger partial charge in [0.1, 0.15) is 11.6 Å². The zero-order valence-electron chi connectivity index (χ0n) is 17.9. The van der Waals surface area contributed by atoms with E-state index in [0.717, 1.165) is 22.7 Å². The maximum atomic E-state index is 13.1.